The van der Waals surface area contributed by atoms with Gasteiger partial charge >= 0.3 is 5.97 Å². The van der Waals surface area contributed by atoms with Crippen LogP contribution < -0.4 is 5.90 Å². The summed E-state index contributed by atoms with van der Waals surface area (Å²) in [4.78, 5) is 19.1. The van der Waals surface area contributed by atoms with Crippen LogP contribution in [-0.4, -0.2) is 17.0 Å². The maximum absolute atomic E-state index is 10.6. The summed E-state index contributed by atoms with van der Waals surface area (Å²) >= 11 is 0. The largest absolute Gasteiger partial charge is 0.478 e. The zero-order chi connectivity index (χ0) is 12.8. The standard InChI is InChI=1S/C12H14N2O3/c1-8(14-9(2)17-13)7-10-3-5-11(6-4-10)12(15)16/h3-6H,1,7,13H2,2H3,(H,15,16)/b14-9-. The van der Waals surface area contributed by atoms with E-state index in [2.05, 4.69) is 16.4 Å². The van der Waals surface area contributed by atoms with Gasteiger partial charge in [0.25, 0.3) is 0 Å². The van der Waals surface area contributed by atoms with Gasteiger partial charge < -0.3 is 9.94 Å². The van der Waals surface area contributed by atoms with Crippen LogP contribution in [0.15, 0.2) is 41.5 Å². The average Bonchev–Trinajstić information content (AvgIpc) is 2.29. The topological polar surface area (TPSA) is 84.9 Å². The number of aliphatic imine (C=N–C) groups is 1. The van der Waals surface area contributed by atoms with Gasteiger partial charge in [-0.15, -0.1) is 0 Å². The molecule has 5 heteroatoms. The van der Waals surface area contributed by atoms with Crippen molar-refractivity contribution in [2.45, 2.75) is 13.3 Å². The first-order chi connectivity index (χ1) is 8.02. The molecule has 1 rings (SSSR count). The van der Waals surface area contributed by atoms with Crippen LogP contribution in [0, 0.1) is 0 Å². The normalized spacial score (nSPS) is 11.1. The van der Waals surface area contributed by atoms with Gasteiger partial charge in [-0.1, -0.05) is 18.7 Å². The van der Waals surface area contributed by atoms with Crippen LogP contribution in [-0.2, 0) is 11.3 Å². The van der Waals surface area contributed by atoms with Crippen LogP contribution in [0.5, 0.6) is 0 Å². The SMILES string of the molecule is C=C(Cc1ccc(C(=O)O)cc1)/N=C(/C)ON. The molecule has 17 heavy (non-hydrogen) atoms. The number of carboxylic acid groups (broad SMARTS) is 1. The molecule has 0 aliphatic heterocycles. The summed E-state index contributed by atoms with van der Waals surface area (Å²) < 4.78 is 0. The molecule has 0 unspecified atom stereocenters. The second-order valence-electron chi connectivity index (χ2n) is 3.49. The fourth-order valence-corrected chi connectivity index (χ4v) is 1.29. The molecule has 90 valence electrons. The van der Waals surface area contributed by atoms with Gasteiger partial charge in [0.05, 0.1) is 5.56 Å². The van der Waals surface area contributed by atoms with E-state index in [0.29, 0.717) is 18.0 Å². The van der Waals surface area contributed by atoms with E-state index in [9.17, 15) is 4.79 Å². The molecular weight excluding hydrogens is 220 g/mol. The van der Waals surface area contributed by atoms with Gasteiger partial charge in [0.2, 0.25) is 5.90 Å². The Bertz CT molecular complexity index is 449. The Labute approximate surface area is 99.2 Å². The number of hydrogen-bond donors (Lipinski definition) is 2. The van der Waals surface area contributed by atoms with Gasteiger partial charge in [-0.25, -0.2) is 9.79 Å². The molecule has 0 atom stereocenters. The summed E-state index contributed by atoms with van der Waals surface area (Å²) in [5.41, 5.74) is 1.77. The van der Waals surface area contributed by atoms with E-state index in [4.69, 9.17) is 11.0 Å². The van der Waals surface area contributed by atoms with Crippen molar-refractivity contribution in [3.63, 3.8) is 0 Å². The summed E-state index contributed by atoms with van der Waals surface area (Å²) in [7, 11) is 0. The Morgan fingerprint density at radius 1 is 1.47 bits per heavy atom. The molecule has 0 saturated carbocycles. The molecule has 3 N–H and O–H groups in total. The zero-order valence-electron chi connectivity index (χ0n) is 9.51. The Morgan fingerprint density at radius 2 is 2.06 bits per heavy atom. The van der Waals surface area contributed by atoms with E-state index < -0.39 is 5.97 Å². The highest BCUT2D eigenvalue weighted by Crippen LogP contribution is 2.10. The van der Waals surface area contributed by atoms with Crippen LogP contribution in [0.25, 0.3) is 0 Å². The van der Waals surface area contributed by atoms with Crippen LogP contribution >= 0.6 is 0 Å². The maximum atomic E-state index is 10.6. The Hall–Kier alpha value is -2.14. The van der Waals surface area contributed by atoms with Crippen molar-refractivity contribution >= 4 is 11.9 Å². The third-order valence-electron chi connectivity index (χ3n) is 2.10. The molecule has 0 spiro atoms. The fourth-order valence-electron chi connectivity index (χ4n) is 1.29. The van der Waals surface area contributed by atoms with Crippen LogP contribution in [0.2, 0.25) is 0 Å². The number of nitrogens with zero attached hydrogens (tertiary/aromatic N) is 1. The number of allylic oxidation sites excluding steroid dienone is 1. The molecule has 1 aromatic rings. The predicted octanol–water partition coefficient (Wildman–Crippen LogP) is 1.75. The number of rotatable bonds is 4. The maximum Gasteiger partial charge on any atom is 0.335 e. The van der Waals surface area contributed by atoms with Crippen molar-refractivity contribution in [2.24, 2.45) is 10.9 Å². The average molecular weight is 234 g/mol. The zero-order valence-corrected chi connectivity index (χ0v) is 9.51. The first-order valence-corrected chi connectivity index (χ1v) is 4.95. The molecule has 5 nitrogen and oxygen atoms in total. The van der Waals surface area contributed by atoms with Crippen molar-refractivity contribution < 1.29 is 14.7 Å². The molecule has 0 fully saturated rings. The minimum absolute atomic E-state index is 0.254. The van der Waals surface area contributed by atoms with E-state index in [1.807, 2.05) is 0 Å². The Balaban J connectivity index is 2.70. The molecular formula is C12H14N2O3. The second-order valence-corrected chi connectivity index (χ2v) is 3.49. The summed E-state index contributed by atoms with van der Waals surface area (Å²) in [6.45, 7) is 5.38. The minimum Gasteiger partial charge on any atom is -0.478 e. The third-order valence-corrected chi connectivity index (χ3v) is 2.10. The highest BCUT2D eigenvalue weighted by atomic mass is 16.6. The van der Waals surface area contributed by atoms with Crippen molar-refractivity contribution in [3.05, 3.63) is 47.7 Å². The monoisotopic (exact) mass is 234 g/mol. The Kier molecular flexibility index (Phi) is 4.42. The number of aromatic carboxylic acids is 1. The summed E-state index contributed by atoms with van der Waals surface area (Å²) in [6.07, 6.45) is 0.514. The van der Waals surface area contributed by atoms with E-state index in [1.54, 1.807) is 31.2 Å². The highest BCUT2D eigenvalue weighted by Gasteiger charge is 2.02. The van der Waals surface area contributed by atoms with Gasteiger partial charge in [-0.2, -0.15) is 5.90 Å². The molecule has 0 radical (unpaired) electrons. The number of carboxylic acids is 1. The first kappa shape index (κ1) is 12.9. The number of benzene rings is 1. The predicted molar refractivity (Wildman–Crippen MR) is 64.6 cm³/mol. The van der Waals surface area contributed by atoms with Gasteiger partial charge in [-0.05, 0) is 17.7 Å². The van der Waals surface area contributed by atoms with Crippen molar-refractivity contribution in [1.29, 1.82) is 0 Å². The molecule has 0 aliphatic rings. The lowest BCUT2D eigenvalue weighted by Gasteiger charge is -2.03. The smallest absolute Gasteiger partial charge is 0.335 e. The van der Waals surface area contributed by atoms with Gasteiger partial charge in [0.1, 0.15) is 0 Å². The lowest BCUT2D eigenvalue weighted by molar-refractivity contribution is 0.0697. The van der Waals surface area contributed by atoms with Gasteiger partial charge in [0, 0.05) is 19.0 Å². The molecule has 0 bridgehead atoms. The van der Waals surface area contributed by atoms with E-state index >= 15 is 0 Å². The van der Waals surface area contributed by atoms with E-state index in [0.717, 1.165) is 5.56 Å². The summed E-state index contributed by atoms with van der Waals surface area (Å²) in [5, 5.41) is 8.74. The summed E-state index contributed by atoms with van der Waals surface area (Å²) in [6, 6.07) is 6.54. The first-order valence-electron chi connectivity index (χ1n) is 4.95. The van der Waals surface area contributed by atoms with Crippen LogP contribution in [0.3, 0.4) is 0 Å². The van der Waals surface area contributed by atoms with Crippen molar-refractivity contribution in [2.75, 3.05) is 0 Å². The number of hydrogen-bond acceptors (Lipinski definition) is 4. The lowest BCUT2D eigenvalue weighted by atomic mass is 10.1. The Morgan fingerprint density at radius 3 is 2.53 bits per heavy atom. The number of carbonyl (C=O) groups is 1. The van der Waals surface area contributed by atoms with Crippen LogP contribution in [0.4, 0.5) is 0 Å². The molecule has 0 amide bonds. The van der Waals surface area contributed by atoms with Gasteiger partial charge in [0.15, 0.2) is 0 Å². The molecule has 1 aromatic carbocycles. The van der Waals surface area contributed by atoms with Gasteiger partial charge in [-0.3, -0.25) is 0 Å². The minimum atomic E-state index is -0.944. The molecule has 0 saturated heterocycles. The second kappa shape index (κ2) is 5.81. The van der Waals surface area contributed by atoms with Crippen LogP contribution in [0.1, 0.15) is 22.8 Å². The quantitative estimate of drug-likeness (QED) is 0.472. The highest BCUT2D eigenvalue weighted by molar-refractivity contribution is 5.87. The van der Waals surface area contributed by atoms with E-state index in [-0.39, 0.29) is 5.56 Å². The fraction of sp³-hybridized carbons (Fsp3) is 0.167. The summed E-state index contributed by atoms with van der Waals surface area (Å²) in [5.74, 6) is 4.32. The molecule has 0 aromatic heterocycles. The molecule has 0 aliphatic carbocycles. The van der Waals surface area contributed by atoms with Crippen molar-refractivity contribution in [1.82, 2.24) is 0 Å². The van der Waals surface area contributed by atoms with Crippen molar-refractivity contribution in [3.8, 4) is 0 Å². The third kappa shape index (κ3) is 4.08. The van der Waals surface area contributed by atoms with E-state index in [1.165, 1.54) is 0 Å². The lowest BCUT2D eigenvalue weighted by Crippen LogP contribution is -2.06. The number of nitrogens with two attached hydrogens (primary N) is 1. The molecule has 0 heterocycles.